The molecule has 6 aliphatic rings. The van der Waals surface area contributed by atoms with Gasteiger partial charge in [-0.3, -0.25) is 9.89 Å². The number of amidine groups is 1. The third-order valence-corrected chi connectivity index (χ3v) is 10.5. The third-order valence-electron chi connectivity index (χ3n) is 9.11. The Balaban J connectivity index is 1.09. The molecular formula is C30H30ClFN4O5S. The minimum Gasteiger partial charge on any atom is -0.485 e. The van der Waals surface area contributed by atoms with Crippen LogP contribution in [0.15, 0.2) is 52.4 Å². The monoisotopic (exact) mass is 612 g/mol. The summed E-state index contributed by atoms with van der Waals surface area (Å²) < 4.78 is 38.5. The van der Waals surface area contributed by atoms with E-state index in [1.165, 1.54) is 24.9 Å². The first-order chi connectivity index (χ1) is 20.5. The zero-order chi connectivity index (χ0) is 28.5. The standard InChI is InChI=1S/C30H30ClFN4O5S/c1-38-30(37)25-12-20-29(42-25)33-26-14-35-9-8-34(13-21(35)27(36(20)26)22-7-10-39-22)19-3-2-4-23-28(19)41-24(15-40-23)17-6-5-16(31)11-18(17)32/h2-6,11-12,20-22,24,27,29H,7-10,13-15H2,1H3/t20?,21?,22?,24-,27?,29?/m1/s1. The Morgan fingerprint density at radius 2 is 2.12 bits per heavy atom. The van der Waals surface area contributed by atoms with Gasteiger partial charge in [0, 0.05) is 36.8 Å². The third kappa shape index (κ3) is 4.27. The number of carbonyl (C=O) groups is 1. The largest absolute Gasteiger partial charge is 0.485 e. The molecule has 0 spiro atoms. The molecule has 0 aliphatic carbocycles. The number of para-hydroxylation sites is 1. The number of hydrogen-bond donors (Lipinski definition) is 0. The van der Waals surface area contributed by atoms with E-state index in [0.29, 0.717) is 27.0 Å². The van der Waals surface area contributed by atoms with Crippen molar-refractivity contribution in [3.8, 4) is 11.5 Å². The number of thioether (sulfide) groups is 1. The van der Waals surface area contributed by atoms with Crippen molar-refractivity contribution in [1.82, 2.24) is 9.80 Å². The van der Waals surface area contributed by atoms with Crippen LogP contribution in [-0.2, 0) is 14.3 Å². The van der Waals surface area contributed by atoms with Gasteiger partial charge in [-0.2, -0.15) is 0 Å². The molecule has 0 N–H and O–H groups in total. The highest BCUT2D eigenvalue weighted by atomic mass is 35.5. The molecule has 2 aromatic carbocycles. The molecule has 3 fully saturated rings. The second-order valence-corrected chi connectivity index (χ2v) is 12.9. The number of rotatable bonds is 4. The summed E-state index contributed by atoms with van der Waals surface area (Å²) in [6.07, 6.45) is 2.51. The second kappa shape index (κ2) is 10.3. The molecule has 0 radical (unpaired) electrons. The predicted molar refractivity (Wildman–Crippen MR) is 157 cm³/mol. The molecule has 220 valence electrons. The van der Waals surface area contributed by atoms with Gasteiger partial charge in [0.15, 0.2) is 17.6 Å². The van der Waals surface area contributed by atoms with E-state index in [1.807, 2.05) is 24.3 Å². The lowest BCUT2D eigenvalue weighted by atomic mass is 9.88. The maximum Gasteiger partial charge on any atom is 0.344 e. The Bertz CT molecular complexity index is 1500. The zero-order valence-corrected chi connectivity index (χ0v) is 24.5. The number of carbonyl (C=O) groups excluding carboxylic acids is 1. The molecule has 6 atom stereocenters. The highest BCUT2D eigenvalue weighted by Gasteiger charge is 2.54. The van der Waals surface area contributed by atoms with Crippen molar-refractivity contribution in [1.29, 1.82) is 0 Å². The molecule has 0 saturated carbocycles. The van der Waals surface area contributed by atoms with Crippen molar-refractivity contribution in [2.75, 3.05) is 51.4 Å². The van der Waals surface area contributed by atoms with Crippen LogP contribution < -0.4 is 14.4 Å². The van der Waals surface area contributed by atoms with E-state index in [9.17, 15) is 9.18 Å². The van der Waals surface area contributed by atoms with E-state index in [2.05, 4.69) is 14.7 Å². The number of methoxy groups -OCH3 is 1. The molecule has 9 nitrogen and oxygen atoms in total. The first-order valence-electron chi connectivity index (χ1n) is 14.3. The van der Waals surface area contributed by atoms with Crippen LogP contribution in [0.4, 0.5) is 10.1 Å². The first-order valence-corrected chi connectivity index (χ1v) is 15.5. The highest BCUT2D eigenvalue weighted by molar-refractivity contribution is 8.04. The lowest BCUT2D eigenvalue weighted by Crippen LogP contribution is -2.72. The molecule has 2 aromatic rings. The number of fused-ring (bicyclic) bond motifs is 5. The second-order valence-electron chi connectivity index (χ2n) is 11.3. The number of hydrogen-bond acceptors (Lipinski definition) is 10. The van der Waals surface area contributed by atoms with Crippen molar-refractivity contribution in [2.45, 2.75) is 42.1 Å². The number of benzene rings is 2. The van der Waals surface area contributed by atoms with E-state index in [-0.39, 0.29) is 42.2 Å². The Kier molecular flexibility index (Phi) is 6.55. The van der Waals surface area contributed by atoms with Gasteiger partial charge in [0.05, 0.1) is 48.5 Å². The maximum absolute atomic E-state index is 14.8. The Labute approximate surface area is 252 Å². The summed E-state index contributed by atoms with van der Waals surface area (Å²) in [6, 6.07) is 10.8. The number of piperazine rings is 2. The van der Waals surface area contributed by atoms with E-state index >= 15 is 0 Å². The molecule has 0 aromatic heterocycles. The van der Waals surface area contributed by atoms with Crippen LogP contribution >= 0.6 is 23.4 Å². The summed E-state index contributed by atoms with van der Waals surface area (Å²) in [7, 11) is 1.41. The summed E-state index contributed by atoms with van der Waals surface area (Å²) in [6.45, 7) is 4.14. The van der Waals surface area contributed by atoms with Crippen LogP contribution in [0.5, 0.6) is 11.5 Å². The maximum atomic E-state index is 14.8. The molecule has 6 aliphatic heterocycles. The van der Waals surface area contributed by atoms with Gasteiger partial charge in [0.25, 0.3) is 0 Å². The topological polar surface area (TPSA) is 76.1 Å². The van der Waals surface area contributed by atoms with Crippen molar-refractivity contribution in [2.24, 2.45) is 4.99 Å². The number of esters is 1. The van der Waals surface area contributed by atoms with Crippen molar-refractivity contribution < 1.29 is 28.1 Å². The van der Waals surface area contributed by atoms with Gasteiger partial charge in [0.2, 0.25) is 0 Å². The minimum absolute atomic E-state index is 0.00192. The molecule has 12 heteroatoms. The zero-order valence-electron chi connectivity index (χ0n) is 22.9. The van der Waals surface area contributed by atoms with Gasteiger partial charge in [-0.15, -0.1) is 0 Å². The summed E-state index contributed by atoms with van der Waals surface area (Å²) in [4.78, 5) is 25.3. The Morgan fingerprint density at radius 1 is 1.24 bits per heavy atom. The summed E-state index contributed by atoms with van der Waals surface area (Å²) >= 11 is 7.48. The molecule has 8 rings (SSSR count). The smallest absolute Gasteiger partial charge is 0.344 e. The first kappa shape index (κ1) is 26.6. The number of halogens is 2. The fourth-order valence-corrected chi connectivity index (χ4v) is 8.38. The minimum atomic E-state index is -0.584. The number of nitrogens with zero attached hydrogens (tertiary/aromatic N) is 4. The average molecular weight is 613 g/mol. The number of aliphatic imine (C=N–C) groups is 1. The summed E-state index contributed by atoms with van der Waals surface area (Å²) in [5, 5.41) is 0.293. The molecule has 6 heterocycles. The van der Waals surface area contributed by atoms with E-state index in [4.69, 9.17) is 35.5 Å². The number of anilines is 1. The molecule has 0 bridgehead atoms. The normalized spacial score (nSPS) is 31.4. The van der Waals surface area contributed by atoms with Crippen molar-refractivity contribution >= 4 is 40.9 Å². The van der Waals surface area contributed by atoms with Crippen LogP contribution in [0, 0.1) is 5.82 Å². The van der Waals surface area contributed by atoms with Crippen LogP contribution in [0.25, 0.3) is 0 Å². The van der Waals surface area contributed by atoms with Gasteiger partial charge in [-0.1, -0.05) is 35.5 Å². The fourth-order valence-electron chi connectivity index (χ4n) is 7.04. The van der Waals surface area contributed by atoms with E-state index in [1.54, 1.807) is 12.1 Å². The predicted octanol–water partition coefficient (Wildman–Crippen LogP) is 3.87. The van der Waals surface area contributed by atoms with E-state index < -0.39 is 11.9 Å². The molecule has 0 amide bonds. The summed E-state index contributed by atoms with van der Waals surface area (Å²) in [5.41, 5.74) is 1.35. The van der Waals surface area contributed by atoms with Crippen LogP contribution in [0.1, 0.15) is 18.1 Å². The van der Waals surface area contributed by atoms with Crippen LogP contribution in [0.3, 0.4) is 0 Å². The van der Waals surface area contributed by atoms with Crippen molar-refractivity contribution in [3.05, 3.63) is 63.8 Å². The summed E-state index contributed by atoms with van der Waals surface area (Å²) in [5.74, 6) is 1.64. The molecule has 3 saturated heterocycles. The van der Waals surface area contributed by atoms with Crippen molar-refractivity contribution in [3.63, 3.8) is 0 Å². The molecule has 42 heavy (non-hydrogen) atoms. The van der Waals surface area contributed by atoms with E-state index in [0.717, 1.165) is 50.7 Å². The molecule has 5 unspecified atom stereocenters. The van der Waals surface area contributed by atoms with Gasteiger partial charge in [-0.25, -0.2) is 9.18 Å². The molecular weight excluding hydrogens is 583 g/mol. The van der Waals surface area contributed by atoms with Gasteiger partial charge < -0.3 is 28.7 Å². The lowest BCUT2D eigenvalue weighted by Gasteiger charge is -2.56. The Hall–Kier alpha value is -2.99. The van der Waals surface area contributed by atoms with Crippen LogP contribution in [-0.4, -0.2) is 97.7 Å². The lowest BCUT2D eigenvalue weighted by molar-refractivity contribution is -0.135. The average Bonchev–Trinajstić information content (AvgIpc) is 3.53. The quantitative estimate of drug-likeness (QED) is 0.479. The SMILES string of the molecule is COC(=O)C1=CC2C(N=C3CN4CCN(c5cccc6c5O[C@@H](c5ccc(Cl)cc5F)CO6)CC4C(C4CCO4)N32)S1. The van der Waals surface area contributed by atoms with Gasteiger partial charge >= 0.3 is 5.97 Å². The van der Waals surface area contributed by atoms with Gasteiger partial charge in [-0.05, 0) is 36.8 Å². The number of ether oxygens (including phenoxy) is 4. The fraction of sp³-hybridized carbons (Fsp3) is 0.467. The van der Waals surface area contributed by atoms with Gasteiger partial charge in [0.1, 0.15) is 23.6 Å². The Morgan fingerprint density at radius 3 is 2.90 bits per heavy atom. The van der Waals surface area contributed by atoms with Crippen LogP contribution in [0.2, 0.25) is 5.02 Å². The highest BCUT2D eigenvalue weighted by Crippen LogP contribution is 2.47.